The summed E-state index contributed by atoms with van der Waals surface area (Å²) in [5.41, 5.74) is 0.0668. The number of benzene rings is 1. The summed E-state index contributed by atoms with van der Waals surface area (Å²) in [7, 11) is 0. The molecule has 1 aromatic carbocycles. The van der Waals surface area contributed by atoms with Crippen molar-refractivity contribution in [1.29, 1.82) is 0 Å². The Balaban J connectivity index is 2.06. The van der Waals surface area contributed by atoms with Gasteiger partial charge >= 0.3 is 0 Å². The predicted octanol–water partition coefficient (Wildman–Crippen LogP) is 3.01. The molecule has 1 heterocycles. The number of H-pyrrole nitrogens is 1. The van der Waals surface area contributed by atoms with E-state index >= 15 is 0 Å². The van der Waals surface area contributed by atoms with Crippen LogP contribution in [0.2, 0.25) is 0 Å². The Morgan fingerprint density at radius 3 is 2.68 bits per heavy atom. The molecule has 2 aromatic rings. The number of carbonyl (C=O) groups excluding carboxylic acids is 1. The van der Waals surface area contributed by atoms with Crippen LogP contribution in [-0.2, 0) is 4.79 Å². The van der Waals surface area contributed by atoms with Gasteiger partial charge < -0.3 is 5.32 Å². The minimum Gasteiger partial charge on any atom is -0.351 e. The zero-order chi connectivity index (χ0) is 16.3. The summed E-state index contributed by atoms with van der Waals surface area (Å²) in [5.74, 6) is -0.104. The van der Waals surface area contributed by atoms with Gasteiger partial charge in [0.1, 0.15) is 5.82 Å². The van der Waals surface area contributed by atoms with Gasteiger partial charge in [-0.2, -0.15) is 0 Å². The van der Waals surface area contributed by atoms with Crippen LogP contribution in [0.4, 0.5) is 4.39 Å². The summed E-state index contributed by atoms with van der Waals surface area (Å²) in [6.45, 7) is 7.55. The van der Waals surface area contributed by atoms with Gasteiger partial charge in [-0.05, 0) is 39.8 Å². The molecule has 2 N–H and O–H groups in total. The zero-order valence-electron chi connectivity index (χ0n) is 13.0. The van der Waals surface area contributed by atoms with Gasteiger partial charge in [0.15, 0.2) is 5.82 Å². The Hall–Kier alpha value is -1.89. The molecule has 0 aliphatic carbocycles. The molecule has 0 aliphatic rings. The van der Waals surface area contributed by atoms with Crippen molar-refractivity contribution in [2.75, 3.05) is 0 Å². The molecule has 22 heavy (non-hydrogen) atoms. The molecule has 118 valence electrons. The summed E-state index contributed by atoms with van der Waals surface area (Å²) >= 11 is 1.23. The molecule has 1 atom stereocenters. The van der Waals surface area contributed by atoms with Gasteiger partial charge in [-0.1, -0.05) is 23.9 Å². The van der Waals surface area contributed by atoms with E-state index in [4.69, 9.17) is 0 Å². The second kappa shape index (κ2) is 6.48. The monoisotopic (exact) mass is 322 g/mol. The van der Waals surface area contributed by atoms with Crippen LogP contribution in [0.1, 0.15) is 27.7 Å². The molecule has 0 saturated carbocycles. The highest BCUT2D eigenvalue weighted by atomic mass is 32.2. The second-order valence-corrected chi connectivity index (χ2v) is 7.25. The van der Waals surface area contributed by atoms with E-state index in [9.17, 15) is 9.18 Å². The lowest BCUT2D eigenvalue weighted by atomic mass is 10.1. The van der Waals surface area contributed by atoms with Gasteiger partial charge in [0.05, 0.1) is 10.8 Å². The fourth-order valence-electron chi connectivity index (χ4n) is 1.76. The molecule has 0 radical (unpaired) electrons. The minimum absolute atomic E-state index is 0.0882. The first-order valence-electron chi connectivity index (χ1n) is 6.92. The standard InChI is InChI=1S/C15H19FN4OS/c1-9(13(21)18-15(2,3)4)22-14-17-12(19-20-14)10-7-5-6-8-11(10)16/h5-9H,1-4H3,(H,18,21)(H,17,19,20)/t9-/m0/s1. The number of thioether (sulfide) groups is 1. The van der Waals surface area contributed by atoms with E-state index in [0.29, 0.717) is 16.5 Å². The highest BCUT2D eigenvalue weighted by Crippen LogP contribution is 2.24. The molecule has 0 bridgehead atoms. The molecule has 1 aromatic heterocycles. The SMILES string of the molecule is C[C@H](Sc1n[nH]c(-c2ccccc2F)n1)C(=O)NC(C)(C)C. The number of nitrogens with zero attached hydrogens (tertiary/aromatic N) is 2. The minimum atomic E-state index is -0.367. The number of hydrogen-bond donors (Lipinski definition) is 2. The van der Waals surface area contributed by atoms with Crippen LogP contribution >= 0.6 is 11.8 Å². The van der Waals surface area contributed by atoms with Crippen LogP contribution in [-0.4, -0.2) is 31.9 Å². The average molecular weight is 322 g/mol. The van der Waals surface area contributed by atoms with Crippen LogP contribution in [0.5, 0.6) is 0 Å². The van der Waals surface area contributed by atoms with Gasteiger partial charge in [-0.25, -0.2) is 9.37 Å². The van der Waals surface area contributed by atoms with E-state index in [0.717, 1.165) is 0 Å². The maximum absolute atomic E-state index is 13.7. The average Bonchev–Trinajstić information content (AvgIpc) is 2.85. The molecule has 0 aliphatic heterocycles. The van der Waals surface area contributed by atoms with Crippen LogP contribution in [0, 0.1) is 5.82 Å². The molecule has 0 fully saturated rings. The number of nitrogens with one attached hydrogen (secondary N) is 2. The van der Waals surface area contributed by atoms with Crippen molar-refractivity contribution in [1.82, 2.24) is 20.5 Å². The quantitative estimate of drug-likeness (QED) is 0.849. The van der Waals surface area contributed by atoms with Crippen molar-refractivity contribution in [3.05, 3.63) is 30.1 Å². The summed E-state index contributed by atoms with van der Waals surface area (Å²) in [6.07, 6.45) is 0. The molecule has 2 rings (SSSR count). The normalized spacial score (nSPS) is 13.0. The molecule has 0 saturated heterocycles. The van der Waals surface area contributed by atoms with E-state index < -0.39 is 0 Å². The van der Waals surface area contributed by atoms with Gasteiger partial charge in [0.25, 0.3) is 0 Å². The van der Waals surface area contributed by atoms with E-state index in [2.05, 4.69) is 20.5 Å². The van der Waals surface area contributed by atoms with E-state index in [1.807, 2.05) is 20.8 Å². The van der Waals surface area contributed by atoms with Gasteiger partial charge in [-0.15, -0.1) is 5.10 Å². The maximum atomic E-state index is 13.7. The number of aromatic nitrogens is 3. The van der Waals surface area contributed by atoms with Gasteiger partial charge in [0.2, 0.25) is 11.1 Å². The Kier molecular flexibility index (Phi) is 4.85. The van der Waals surface area contributed by atoms with Crippen molar-refractivity contribution in [2.45, 2.75) is 43.6 Å². The maximum Gasteiger partial charge on any atom is 0.233 e. The van der Waals surface area contributed by atoms with Crippen LogP contribution in [0.3, 0.4) is 0 Å². The van der Waals surface area contributed by atoms with Gasteiger partial charge in [0, 0.05) is 5.54 Å². The smallest absolute Gasteiger partial charge is 0.233 e. The van der Waals surface area contributed by atoms with Gasteiger partial charge in [-0.3, -0.25) is 9.89 Å². The lowest BCUT2D eigenvalue weighted by Gasteiger charge is -2.22. The molecule has 0 spiro atoms. The lowest BCUT2D eigenvalue weighted by Crippen LogP contribution is -2.44. The van der Waals surface area contributed by atoms with Crippen molar-refractivity contribution in [2.24, 2.45) is 0 Å². The second-order valence-electron chi connectivity index (χ2n) is 5.95. The summed E-state index contributed by atoms with van der Waals surface area (Å²) in [5, 5.41) is 9.70. The Morgan fingerprint density at radius 2 is 2.05 bits per heavy atom. The van der Waals surface area contributed by atoms with Crippen molar-refractivity contribution in [3.63, 3.8) is 0 Å². The Bertz CT molecular complexity index is 666. The largest absolute Gasteiger partial charge is 0.351 e. The first kappa shape index (κ1) is 16.5. The molecular formula is C15H19FN4OS. The van der Waals surface area contributed by atoms with E-state index in [1.54, 1.807) is 25.1 Å². The molecule has 7 heteroatoms. The first-order valence-corrected chi connectivity index (χ1v) is 7.80. The fourth-order valence-corrected chi connectivity index (χ4v) is 2.48. The number of carbonyl (C=O) groups is 1. The summed E-state index contributed by atoms with van der Waals surface area (Å²) in [4.78, 5) is 16.3. The zero-order valence-corrected chi connectivity index (χ0v) is 13.8. The van der Waals surface area contributed by atoms with Crippen molar-refractivity contribution >= 4 is 17.7 Å². The topological polar surface area (TPSA) is 70.7 Å². The third-order valence-electron chi connectivity index (χ3n) is 2.74. The molecule has 0 unspecified atom stereocenters. The Morgan fingerprint density at radius 1 is 1.36 bits per heavy atom. The van der Waals surface area contributed by atoms with Crippen molar-refractivity contribution in [3.8, 4) is 11.4 Å². The highest BCUT2D eigenvalue weighted by molar-refractivity contribution is 8.00. The number of rotatable bonds is 4. The highest BCUT2D eigenvalue weighted by Gasteiger charge is 2.22. The summed E-state index contributed by atoms with van der Waals surface area (Å²) < 4.78 is 13.7. The van der Waals surface area contributed by atoms with E-state index in [1.165, 1.54) is 17.8 Å². The molecular weight excluding hydrogens is 303 g/mol. The predicted molar refractivity (Wildman–Crippen MR) is 85.0 cm³/mol. The lowest BCUT2D eigenvalue weighted by molar-refractivity contribution is -0.121. The fraction of sp³-hybridized carbons (Fsp3) is 0.400. The van der Waals surface area contributed by atoms with Crippen LogP contribution in [0.25, 0.3) is 11.4 Å². The van der Waals surface area contributed by atoms with Crippen LogP contribution < -0.4 is 5.32 Å². The Labute approximate surface area is 133 Å². The number of hydrogen-bond acceptors (Lipinski definition) is 4. The molecule has 1 amide bonds. The van der Waals surface area contributed by atoms with Crippen molar-refractivity contribution < 1.29 is 9.18 Å². The third-order valence-corrected chi connectivity index (χ3v) is 3.70. The molecule has 5 nitrogen and oxygen atoms in total. The number of amides is 1. The first-order chi connectivity index (χ1) is 10.3. The van der Waals surface area contributed by atoms with E-state index in [-0.39, 0.29) is 22.5 Å². The van der Waals surface area contributed by atoms with Crippen LogP contribution in [0.15, 0.2) is 29.4 Å². The summed E-state index contributed by atoms with van der Waals surface area (Å²) in [6, 6.07) is 6.33. The third kappa shape index (κ3) is 4.30. The number of halogens is 1. The number of aromatic amines is 1.